The number of likely N-dealkylation sites (N-methyl/N-ethyl adjacent to an activating group) is 2. The normalized spacial score (nSPS) is 22.1. The number of nitrogens with one attached hydrogen (secondary N) is 1. The van der Waals surface area contributed by atoms with E-state index in [-0.39, 0.29) is 11.9 Å². The maximum atomic E-state index is 12.5. The van der Waals surface area contributed by atoms with E-state index in [1.165, 1.54) is 5.56 Å². The summed E-state index contributed by atoms with van der Waals surface area (Å²) in [4.78, 5) is 29.8. The predicted octanol–water partition coefficient (Wildman–Crippen LogP) is 1.38. The lowest BCUT2D eigenvalue weighted by molar-refractivity contribution is -0.132. The summed E-state index contributed by atoms with van der Waals surface area (Å²) >= 11 is 0. The minimum absolute atomic E-state index is 0.0180. The van der Waals surface area contributed by atoms with Crippen LogP contribution in [0.15, 0.2) is 30.3 Å². The molecule has 1 aromatic rings. The van der Waals surface area contributed by atoms with Gasteiger partial charge in [-0.3, -0.25) is 9.69 Å². The van der Waals surface area contributed by atoms with Crippen LogP contribution in [-0.2, 0) is 11.3 Å². The Balaban J connectivity index is 1.42. The molecule has 6 nitrogen and oxygen atoms in total. The molecular weight excluding hydrogens is 316 g/mol. The van der Waals surface area contributed by atoms with Crippen LogP contribution in [0.4, 0.5) is 4.79 Å². The Morgan fingerprint density at radius 2 is 1.92 bits per heavy atom. The fraction of sp³-hybridized carbons (Fsp3) is 0.579. The molecular formula is C19H28N4O2. The van der Waals surface area contributed by atoms with Crippen LogP contribution in [-0.4, -0.2) is 73.0 Å². The molecule has 136 valence electrons. The van der Waals surface area contributed by atoms with Crippen LogP contribution in [0.2, 0.25) is 0 Å². The summed E-state index contributed by atoms with van der Waals surface area (Å²) < 4.78 is 0. The van der Waals surface area contributed by atoms with Crippen molar-refractivity contribution in [3.8, 4) is 0 Å². The smallest absolute Gasteiger partial charge is 0.317 e. The number of likely N-dealkylation sites (tertiary alicyclic amines) is 1. The maximum Gasteiger partial charge on any atom is 0.317 e. The van der Waals surface area contributed by atoms with Crippen LogP contribution < -0.4 is 5.32 Å². The Bertz CT molecular complexity index is 599. The molecule has 0 aromatic heterocycles. The highest BCUT2D eigenvalue weighted by Crippen LogP contribution is 2.20. The predicted molar refractivity (Wildman–Crippen MR) is 97.0 cm³/mol. The summed E-state index contributed by atoms with van der Waals surface area (Å²) in [5.41, 5.74) is 1.36. The first-order valence-electron chi connectivity index (χ1n) is 9.06. The second kappa shape index (κ2) is 7.87. The second-order valence-electron chi connectivity index (χ2n) is 7.31. The molecule has 1 atom stereocenters. The van der Waals surface area contributed by atoms with Gasteiger partial charge in [0.15, 0.2) is 0 Å². The average molecular weight is 344 g/mol. The van der Waals surface area contributed by atoms with Gasteiger partial charge >= 0.3 is 6.03 Å². The first-order valence-corrected chi connectivity index (χ1v) is 9.06. The zero-order valence-corrected chi connectivity index (χ0v) is 15.1. The Hall–Kier alpha value is -2.08. The van der Waals surface area contributed by atoms with E-state index in [0.717, 1.165) is 39.0 Å². The van der Waals surface area contributed by atoms with Gasteiger partial charge < -0.3 is 15.1 Å². The SMILES string of the molecule is CN1CC(C(=O)N(C)CC2CCN(Cc3ccccc3)CC2)NC1=O. The summed E-state index contributed by atoms with van der Waals surface area (Å²) in [6.07, 6.45) is 2.22. The molecule has 2 heterocycles. The van der Waals surface area contributed by atoms with Gasteiger partial charge in [0, 0.05) is 27.2 Å². The molecule has 1 unspecified atom stereocenters. The van der Waals surface area contributed by atoms with Crippen LogP contribution in [0.25, 0.3) is 0 Å². The maximum absolute atomic E-state index is 12.5. The van der Waals surface area contributed by atoms with Crippen LogP contribution >= 0.6 is 0 Å². The topological polar surface area (TPSA) is 55.9 Å². The summed E-state index contributed by atoms with van der Waals surface area (Å²) in [7, 11) is 3.56. The van der Waals surface area contributed by atoms with Gasteiger partial charge in [-0.1, -0.05) is 30.3 Å². The lowest BCUT2D eigenvalue weighted by Gasteiger charge is -2.34. The van der Waals surface area contributed by atoms with Gasteiger partial charge in [-0.2, -0.15) is 0 Å². The van der Waals surface area contributed by atoms with Crippen molar-refractivity contribution in [1.29, 1.82) is 0 Å². The molecule has 1 aromatic carbocycles. The number of rotatable bonds is 5. The van der Waals surface area contributed by atoms with Gasteiger partial charge in [0.2, 0.25) is 5.91 Å². The number of hydrogen-bond acceptors (Lipinski definition) is 3. The number of urea groups is 1. The molecule has 0 saturated carbocycles. The summed E-state index contributed by atoms with van der Waals surface area (Å²) in [6.45, 7) is 4.38. The minimum atomic E-state index is -0.402. The standard InChI is InChI=1S/C19H28N4O2/c1-21(18(24)17-14-22(2)19(25)20-17)12-16-8-10-23(11-9-16)13-15-6-4-3-5-7-15/h3-7,16-17H,8-14H2,1-2H3,(H,20,25). The van der Waals surface area contributed by atoms with Gasteiger partial charge in [-0.15, -0.1) is 0 Å². The van der Waals surface area contributed by atoms with Crippen molar-refractivity contribution in [3.05, 3.63) is 35.9 Å². The Morgan fingerprint density at radius 3 is 2.52 bits per heavy atom. The summed E-state index contributed by atoms with van der Waals surface area (Å²) in [5.74, 6) is 0.556. The zero-order chi connectivity index (χ0) is 17.8. The van der Waals surface area contributed by atoms with Gasteiger partial charge in [-0.25, -0.2) is 4.79 Å². The van der Waals surface area contributed by atoms with Crippen molar-refractivity contribution < 1.29 is 9.59 Å². The number of hydrogen-bond donors (Lipinski definition) is 1. The number of piperidine rings is 1. The molecule has 0 bridgehead atoms. The third kappa shape index (κ3) is 4.51. The van der Waals surface area contributed by atoms with E-state index in [9.17, 15) is 9.59 Å². The Morgan fingerprint density at radius 1 is 1.24 bits per heavy atom. The fourth-order valence-corrected chi connectivity index (χ4v) is 3.71. The third-order valence-corrected chi connectivity index (χ3v) is 5.26. The number of benzene rings is 1. The minimum Gasteiger partial charge on any atom is -0.344 e. The molecule has 2 aliphatic rings. The van der Waals surface area contributed by atoms with Crippen LogP contribution in [0, 0.1) is 5.92 Å². The Labute approximate surface area is 149 Å². The summed E-state index contributed by atoms with van der Waals surface area (Å²) in [5, 5.41) is 2.74. The number of nitrogens with zero attached hydrogens (tertiary/aromatic N) is 3. The van der Waals surface area contributed by atoms with Crippen molar-refractivity contribution in [2.24, 2.45) is 5.92 Å². The number of amides is 3. The van der Waals surface area contributed by atoms with Crippen molar-refractivity contribution in [3.63, 3.8) is 0 Å². The molecule has 3 rings (SSSR count). The first kappa shape index (κ1) is 17.7. The first-order chi connectivity index (χ1) is 12.0. The molecule has 2 saturated heterocycles. The highest BCUT2D eigenvalue weighted by molar-refractivity contribution is 5.90. The molecule has 6 heteroatoms. The third-order valence-electron chi connectivity index (χ3n) is 5.26. The monoisotopic (exact) mass is 344 g/mol. The molecule has 25 heavy (non-hydrogen) atoms. The van der Waals surface area contributed by atoms with E-state index in [0.29, 0.717) is 12.5 Å². The van der Waals surface area contributed by atoms with Crippen molar-refractivity contribution in [2.45, 2.75) is 25.4 Å². The quantitative estimate of drug-likeness (QED) is 0.878. The van der Waals surface area contributed by atoms with E-state index in [2.05, 4.69) is 34.5 Å². The molecule has 2 fully saturated rings. The van der Waals surface area contributed by atoms with Crippen molar-refractivity contribution >= 4 is 11.9 Å². The summed E-state index contributed by atoms with van der Waals surface area (Å²) in [6, 6.07) is 10.00. The molecule has 0 radical (unpaired) electrons. The largest absolute Gasteiger partial charge is 0.344 e. The van der Waals surface area contributed by atoms with Crippen molar-refractivity contribution in [2.75, 3.05) is 40.3 Å². The van der Waals surface area contributed by atoms with E-state index < -0.39 is 6.04 Å². The second-order valence-corrected chi connectivity index (χ2v) is 7.31. The van der Waals surface area contributed by atoms with E-state index >= 15 is 0 Å². The van der Waals surface area contributed by atoms with Gasteiger partial charge in [0.1, 0.15) is 6.04 Å². The Kier molecular flexibility index (Phi) is 5.58. The lowest BCUT2D eigenvalue weighted by atomic mass is 9.95. The highest BCUT2D eigenvalue weighted by atomic mass is 16.2. The van der Waals surface area contributed by atoms with Gasteiger partial charge in [-0.05, 0) is 37.4 Å². The van der Waals surface area contributed by atoms with Gasteiger partial charge in [0.05, 0.1) is 6.54 Å². The lowest BCUT2D eigenvalue weighted by Crippen LogP contribution is -2.46. The highest BCUT2D eigenvalue weighted by Gasteiger charge is 2.33. The molecule has 0 aliphatic carbocycles. The van der Waals surface area contributed by atoms with Crippen LogP contribution in [0.1, 0.15) is 18.4 Å². The number of carbonyl (C=O) groups excluding carboxylic acids is 2. The zero-order valence-electron chi connectivity index (χ0n) is 15.1. The average Bonchev–Trinajstić information content (AvgIpc) is 2.96. The molecule has 2 aliphatic heterocycles. The van der Waals surface area contributed by atoms with Gasteiger partial charge in [0.25, 0.3) is 0 Å². The van der Waals surface area contributed by atoms with Crippen molar-refractivity contribution in [1.82, 2.24) is 20.0 Å². The van der Waals surface area contributed by atoms with E-state index in [1.807, 2.05) is 13.1 Å². The number of carbonyl (C=O) groups is 2. The van der Waals surface area contributed by atoms with Crippen LogP contribution in [0.3, 0.4) is 0 Å². The van der Waals surface area contributed by atoms with Crippen LogP contribution in [0.5, 0.6) is 0 Å². The van der Waals surface area contributed by atoms with E-state index in [4.69, 9.17) is 0 Å². The fourth-order valence-electron chi connectivity index (χ4n) is 3.71. The molecule has 0 spiro atoms. The van der Waals surface area contributed by atoms with E-state index in [1.54, 1.807) is 16.8 Å². The molecule has 3 amide bonds. The molecule has 1 N–H and O–H groups in total.